The summed E-state index contributed by atoms with van der Waals surface area (Å²) in [5.74, 6) is 0. The lowest BCUT2D eigenvalue weighted by Crippen LogP contribution is -2.25. The second kappa shape index (κ2) is 19.5. The summed E-state index contributed by atoms with van der Waals surface area (Å²) in [5, 5.41) is 10.3. The average molecular weight is 773 g/mol. The maximum Gasteiger partial charge on any atom is 0.241 e. The lowest BCUT2D eigenvalue weighted by Gasteiger charge is -2.17. The van der Waals surface area contributed by atoms with Crippen LogP contribution >= 0.6 is 0 Å². The fourth-order valence-electron chi connectivity index (χ4n) is 6.76. The minimum absolute atomic E-state index is 0.318. The van der Waals surface area contributed by atoms with E-state index in [2.05, 4.69) is 44.3 Å². The monoisotopic (exact) mass is 772 g/mol. The largest absolute Gasteiger partial charge is 0.377 e. The van der Waals surface area contributed by atoms with Gasteiger partial charge in [-0.2, -0.15) is 0 Å². The molecule has 0 amide bonds. The quantitative estimate of drug-likeness (QED) is 0.0581. The van der Waals surface area contributed by atoms with Crippen molar-refractivity contribution < 1.29 is 16.8 Å². The molecule has 0 aliphatic rings. The first-order valence-corrected chi connectivity index (χ1v) is 21.8. The maximum absolute atomic E-state index is 13.1. The third-order valence-corrected chi connectivity index (χ3v) is 12.6. The van der Waals surface area contributed by atoms with E-state index in [9.17, 15) is 16.8 Å². The SMILES string of the molecule is CN(C)c1cccc2c(S(=O)(=O)NCCCCCNCc3cccc(CNCCCCCNS(=O)(=O)c4cccc5c(N(C)C)cccc45)c3)cccc12. The van der Waals surface area contributed by atoms with Crippen LogP contribution in [-0.2, 0) is 33.1 Å². The molecule has 4 N–H and O–H groups in total. The zero-order valence-electron chi connectivity index (χ0n) is 32.1. The first-order valence-electron chi connectivity index (χ1n) is 18.8. The fourth-order valence-corrected chi connectivity index (χ4v) is 9.35. The van der Waals surface area contributed by atoms with E-state index in [4.69, 9.17) is 0 Å². The van der Waals surface area contributed by atoms with E-state index in [1.54, 1.807) is 24.3 Å². The molecule has 0 radical (unpaired) electrons. The van der Waals surface area contributed by atoms with Crippen LogP contribution in [0.2, 0.25) is 0 Å². The maximum atomic E-state index is 13.1. The summed E-state index contributed by atoms with van der Waals surface area (Å²) in [6.07, 6.45) is 5.32. The predicted octanol–water partition coefficient (Wildman–Crippen LogP) is 6.60. The van der Waals surface area contributed by atoms with Gasteiger partial charge in [0.1, 0.15) is 0 Å². The van der Waals surface area contributed by atoms with Gasteiger partial charge in [-0.25, -0.2) is 26.3 Å². The van der Waals surface area contributed by atoms with Crippen molar-refractivity contribution in [3.05, 3.63) is 108 Å². The summed E-state index contributed by atoms with van der Waals surface area (Å²) < 4.78 is 58.2. The number of fused-ring (bicyclic) bond motifs is 2. The van der Waals surface area contributed by atoms with Gasteiger partial charge >= 0.3 is 0 Å². The molecule has 0 heterocycles. The number of benzene rings is 5. The molecule has 290 valence electrons. The molecule has 12 heteroatoms. The number of hydrogen-bond acceptors (Lipinski definition) is 8. The van der Waals surface area contributed by atoms with Crippen molar-refractivity contribution in [3.63, 3.8) is 0 Å². The van der Waals surface area contributed by atoms with Crippen LogP contribution in [-0.4, -0.2) is 71.2 Å². The molecule has 5 aromatic carbocycles. The lowest BCUT2D eigenvalue weighted by molar-refractivity contribution is 0.568. The topological polar surface area (TPSA) is 123 Å². The standard InChI is InChI=1S/C42H56N6O4S2/c1-47(2)39-22-12-20-37-35(39)18-14-24-41(37)53(49,50)45-28-9-5-7-26-43-31-33-16-11-17-34(30-33)32-44-27-8-6-10-29-46-54(51,52)42-25-15-19-36-38(42)21-13-23-40(36)48(3)4/h11-25,30,43-46H,5-10,26-29,31-32H2,1-4H3. The molecular formula is C42H56N6O4S2. The average Bonchev–Trinajstić information content (AvgIpc) is 3.15. The second-order valence-electron chi connectivity index (χ2n) is 14.1. The molecule has 0 spiro atoms. The highest BCUT2D eigenvalue weighted by molar-refractivity contribution is 7.90. The van der Waals surface area contributed by atoms with Crippen molar-refractivity contribution in [1.29, 1.82) is 0 Å². The minimum Gasteiger partial charge on any atom is -0.377 e. The van der Waals surface area contributed by atoms with Crippen LogP contribution in [0.3, 0.4) is 0 Å². The molecule has 54 heavy (non-hydrogen) atoms. The molecule has 5 rings (SSSR count). The molecule has 0 bridgehead atoms. The number of sulfonamides is 2. The summed E-state index contributed by atoms with van der Waals surface area (Å²) in [7, 11) is 0.594. The van der Waals surface area contributed by atoms with Crippen LogP contribution in [0, 0.1) is 0 Å². The van der Waals surface area contributed by atoms with Gasteiger partial charge in [-0.3, -0.25) is 0 Å². The molecule has 0 aliphatic carbocycles. The Morgan fingerprint density at radius 1 is 0.444 bits per heavy atom. The first-order chi connectivity index (χ1) is 26.0. The summed E-state index contributed by atoms with van der Waals surface area (Å²) in [5.41, 5.74) is 4.43. The highest BCUT2D eigenvalue weighted by Crippen LogP contribution is 2.31. The van der Waals surface area contributed by atoms with E-state index in [1.807, 2.05) is 86.5 Å². The van der Waals surface area contributed by atoms with Crippen LogP contribution in [0.5, 0.6) is 0 Å². The van der Waals surface area contributed by atoms with E-state index in [0.717, 1.165) is 97.6 Å². The van der Waals surface area contributed by atoms with Crippen molar-refractivity contribution in [1.82, 2.24) is 20.1 Å². The number of hydrogen-bond donors (Lipinski definition) is 4. The van der Waals surface area contributed by atoms with Gasteiger partial charge in [-0.1, -0.05) is 85.6 Å². The molecule has 0 aliphatic heterocycles. The lowest BCUT2D eigenvalue weighted by atomic mass is 10.1. The third-order valence-electron chi connectivity index (χ3n) is 9.56. The Kier molecular flexibility index (Phi) is 14.9. The van der Waals surface area contributed by atoms with Crippen LogP contribution in [0.25, 0.3) is 21.5 Å². The molecule has 0 saturated carbocycles. The van der Waals surface area contributed by atoms with Crippen LogP contribution < -0.4 is 29.9 Å². The zero-order valence-corrected chi connectivity index (χ0v) is 33.7. The van der Waals surface area contributed by atoms with Crippen molar-refractivity contribution in [2.24, 2.45) is 0 Å². The van der Waals surface area contributed by atoms with Crippen LogP contribution in [0.1, 0.15) is 49.7 Å². The molecule has 0 fully saturated rings. The Morgan fingerprint density at radius 2 is 0.815 bits per heavy atom. The molecular weight excluding hydrogens is 717 g/mol. The summed E-state index contributed by atoms with van der Waals surface area (Å²) in [6, 6.07) is 30.9. The van der Waals surface area contributed by atoms with Crippen molar-refractivity contribution >= 4 is 53.0 Å². The van der Waals surface area contributed by atoms with Gasteiger partial charge in [-0.05, 0) is 74.2 Å². The molecule has 0 atom stereocenters. The number of anilines is 2. The molecule has 0 aromatic heterocycles. The Morgan fingerprint density at radius 3 is 1.24 bits per heavy atom. The fraction of sp³-hybridized carbons (Fsp3) is 0.381. The Hall–Kier alpha value is -4.04. The number of unbranched alkanes of at least 4 members (excludes halogenated alkanes) is 4. The minimum atomic E-state index is -3.62. The van der Waals surface area contributed by atoms with E-state index in [1.165, 1.54) is 11.1 Å². The van der Waals surface area contributed by atoms with Gasteiger partial charge in [0.05, 0.1) is 9.79 Å². The van der Waals surface area contributed by atoms with Crippen LogP contribution in [0.4, 0.5) is 11.4 Å². The Labute approximate surface area is 322 Å². The zero-order chi connectivity index (χ0) is 38.6. The normalized spacial score (nSPS) is 12.1. The predicted molar refractivity (Wildman–Crippen MR) is 224 cm³/mol. The second-order valence-corrected chi connectivity index (χ2v) is 17.6. The highest BCUT2D eigenvalue weighted by atomic mass is 32.2. The summed E-state index contributed by atoms with van der Waals surface area (Å²) in [4.78, 5) is 4.62. The van der Waals surface area contributed by atoms with Gasteiger partial charge in [0.15, 0.2) is 0 Å². The van der Waals surface area contributed by atoms with E-state index < -0.39 is 20.0 Å². The molecule has 0 saturated heterocycles. The van der Waals surface area contributed by atoms with E-state index in [-0.39, 0.29) is 0 Å². The first kappa shape index (κ1) is 41.1. The van der Waals surface area contributed by atoms with E-state index in [0.29, 0.717) is 22.9 Å². The van der Waals surface area contributed by atoms with Crippen molar-refractivity contribution in [3.8, 4) is 0 Å². The van der Waals surface area contributed by atoms with Gasteiger partial charge in [0.2, 0.25) is 20.0 Å². The molecule has 10 nitrogen and oxygen atoms in total. The third kappa shape index (κ3) is 11.0. The summed E-state index contributed by atoms with van der Waals surface area (Å²) in [6.45, 7) is 4.10. The molecule has 0 unspecified atom stereocenters. The van der Waals surface area contributed by atoms with Gasteiger partial charge in [0, 0.05) is 87.3 Å². The van der Waals surface area contributed by atoms with E-state index >= 15 is 0 Å². The number of nitrogens with one attached hydrogen (secondary N) is 4. The van der Waals surface area contributed by atoms with Crippen LogP contribution in [0.15, 0.2) is 107 Å². The highest BCUT2D eigenvalue weighted by Gasteiger charge is 2.19. The van der Waals surface area contributed by atoms with Crippen molar-refractivity contribution in [2.45, 2.75) is 61.4 Å². The smallest absolute Gasteiger partial charge is 0.241 e. The van der Waals surface area contributed by atoms with Crippen molar-refractivity contribution in [2.75, 3.05) is 64.2 Å². The Bertz CT molecular complexity index is 2060. The van der Waals surface area contributed by atoms with Gasteiger partial charge in [0.25, 0.3) is 0 Å². The van der Waals surface area contributed by atoms with Gasteiger partial charge < -0.3 is 20.4 Å². The number of nitrogens with zero attached hydrogens (tertiary/aromatic N) is 2. The van der Waals surface area contributed by atoms with Gasteiger partial charge in [-0.15, -0.1) is 0 Å². The Balaban J connectivity index is 0.932. The number of rotatable bonds is 22. The summed E-state index contributed by atoms with van der Waals surface area (Å²) >= 11 is 0. The molecule has 5 aromatic rings.